The second-order valence-electron chi connectivity index (χ2n) is 4.66. The molecule has 4 heteroatoms. The van der Waals surface area contributed by atoms with Crippen LogP contribution < -0.4 is 10.6 Å². The van der Waals surface area contributed by atoms with Gasteiger partial charge in [-0.25, -0.2) is 0 Å². The van der Waals surface area contributed by atoms with E-state index < -0.39 is 0 Å². The Hall–Kier alpha value is -1.73. The minimum atomic E-state index is 0.346. The molecule has 0 bridgehead atoms. The number of hydrogen-bond acceptors (Lipinski definition) is 4. The number of nitrogens with two attached hydrogens (primary N) is 1. The number of anilines is 2. The Bertz CT molecular complexity index is 440. The van der Waals surface area contributed by atoms with Gasteiger partial charge in [0, 0.05) is 31.1 Å². The molecule has 0 fully saturated rings. The largest absolute Gasteiger partial charge is 0.398 e. The molecule has 4 nitrogen and oxygen atoms in total. The molecule has 0 aliphatic carbocycles. The molecule has 0 radical (unpaired) electrons. The highest BCUT2D eigenvalue weighted by Crippen LogP contribution is 2.24. The molecule has 1 aromatic rings. The highest BCUT2D eigenvalue weighted by molar-refractivity contribution is 5.59. The lowest BCUT2D eigenvalue weighted by Gasteiger charge is -2.31. The number of nitrogens with zero attached hydrogens (tertiary/aromatic N) is 2. The van der Waals surface area contributed by atoms with Crippen LogP contribution in [0.1, 0.15) is 25.8 Å². The van der Waals surface area contributed by atoms with Gasteiger partial charge in [0.05, 0.1) is 19.1 Å². The lowest BCUT2D eigenvalue weighted by Crippen LogP contribution is -2.35. The Balaban J connectivity index is 3.01. The van der Waals surface area contributed by atoms with Crippen molar-refractivity contribution in [1.82, 2.24) is 0 Å². The average Bonchev–Trinajstić information content (AvgIpc) is 2.42. The number of ether oxygens (including phenoxy) is 1. The zero-order chi connectivity index (χ0) is 14.3. The van der Waals surface area contributed by atoms with Crippen molar-refractivity contribution in [3.8, 4) is 6.07 Å². The number of rotatable bonds is 7. The summed E-state index contributed by atoms with van der Waals surface area (Å²) in [5.41, 5.74) is 8.57. The van der Waals surface area contributed by atoms with Crippen molar-refractivity contribution in [3.63, 3.8) is 0 Å². The number of hydrogen-bond donors (Lipinski definition) is 1. The van der Waals surface area contributed by atoms with Crippen molar-refractivity contribution in [3.05, 3.63) is 23.8 Å². The van der Waals surface area contributed by atoms with Crippen LogP contribution in [0.15, 0.2) is 18.2 Å². The molecule has 104 valence electrons. The van der Waals surface area contributed by atoms with Crippen LogP contribution >= 0.6 is 0 Å². The summed E-state index contributed by atoms with van der Waals surface area (Å²) in [4.78, 5) is 2.30. The second-order valence-corrected chi connectivity index (χ2v) is 4.66. The van der Waals surface area contributed by atoms with Crippen LogP contribution in [-0.4, -0.2) is 26.3 Å². The van der Waals surface area contributed by atoms with E-state index in [0.717, 1.165) is 24.2 Å². The van der Waals surface area contributed by atoms with E-state index in [0.29, 0.717) is 24.8 Å². The van der Waals surface area contributed by atoms with Crippen molar-refractivity contribution in [2.75, 3.05) is 30.9 Å². The summed E-state index contributed by atoms with van der Waals surface area (Å²) in [5.74, 6) is 0. The molecule has 2 N–H and O–H groups in total. The Morgan fingerprint density at radius 1 is 1.47 bits per heavy atom. The number of methoxy groups -OCH3 is 1. The van der Waals surface area contributed by atoms with Gasteiger partial charge in [-0.1, -0.05) is 6.92 Å². The first-order valence-electron chi connectivity index (χ1n) is 6.65. The fourth-order valence-electron chi connectivity index (χ4n) is 2.02. The summed E-state index contributed by atoms with van der Waals surface area (Å²) in [5, 5.41) is 8.83. The number of nitriles is 1. The SMILES string of the molecule is CCC(C)N(CCOC)c1ccc(N)c(CC#N)c1. The number of benzene rings is 1. The standard InChI is InChI=1S/C15H23N3O/c1-4-12(2)18(9-10-19-3)14-5-6-15(17)13(11-14)7-8-16/h5-6,11-12H,4,7,9-10,17H2,1-3H3. The van der Waals surface area contributed by atoms with E-state index in [-0.39, 0.29) is 0 Å². The van der Waals surface area contributed by atoms with E-state index in [1.54, 1.807) is 7.11 Å². The highest BCUT2D eigenvalue weighted by Gasteiger charge is 2.14. The first-order valence-corrected chi connectivity index (χ1v) is 6.65. The minimum absolute atomic E-state index is 0.346. The second kappa shape index (κ2) is 7.65. The molecule has 1 rings (SSSR count). The van der Waals surface area contributed by atoms with Gasteiger partial charge in [-0.3, -0.25) is 0 Å². The van der Waals surface area contributed by atoms with E-state index in [4.69, 9.17) is 15.7 Å². The van der Waals surface area contributed by atoms with Crippen LogP contribution in [0.5, 0.6) is 0 Å². The van der Waals surface area contributed by atoms with Crippen LogP contribution in [0.2, 0.25) is 0 Å². The van der Waals surface area contributed by atoms with Crippen molar-refractivity contribution in [2.45, 2.75) is 32.7 Å². The summed E-state index contributed by atoms with van der Waals surface area (Å²) < 4.78 is 5.17. The topological polar surface area (TPSA) is 62.3 Å². The molecule has 0 heterocycles. The Labute approximate surface area is 115 Å². The molecule has 1 unspecified atom stereocenters. The Kier molecular flexibility index (Phi) is 6.17. The highest BCUT2D eigenvalue weighted by atomic mass is 16.5. The Morgan fingerprint density at radius 2 is 2.21 bits per heavy atom. The Morgan fingerprint density at radius 3 is 2.79 bits per heavy atom. The molecule has 0 saturated carbocycles. The fourth-order valence-corrected chi connectivity index (χ4v) is 2.02. The van der Waals surface area contributed by atoms with Gasteiger partial charge in [0.15, 0.2) is 0 Å². The van der Waals surface area contributed by atoms with Crippen molar-refractivity contribution in [1.29, 1.82) is 5.26 Å². The normalized spacial score (nSPS) is 11.9. The summed E-state index contributed by atoms with van der Waals surface area (Å²) >= 11 is 0. The fraction of sp³-hybridized carbons (Fsp3) is 0.533. The average molecular weight is 261 g/mol. The number of nitrogen functional groups attached to an aromatic ring is 1. The van der Waals surface area contributed by atoms with Gasteiger partial charge in [0.2, 0.25) is 0 Å². The molecule has 0 saturated heterocycles. The van der Waals surface area contributed by atoms with E-state index in [1.807, 2.05) is 18.2 Å². The third-order valence-corrected chi connectivity index (χ3v) is 3.39. The molecule has 0 spiro atoms. The van der Waals surface area contributed by atoms with E-state index in [9.17, 15) is 0 Å². The monoisotopic (exact) mass is 261 g/mol. The molecule has 1 aromatic carbocycles. The van der Waals surface area contributed by atoms with Crippen LogP contribution in [0.4, 0.5) is 11.4 Å². The lowest BCUT2D eigenvalue weighted by molar-refractivity contribution is 0.203. The molecule has 0 amide bonds. The lowest BCUT2D eigenvalue weighted by atomic mass is 10.1. The first-order chi connectivity index (χ1) is 9.13. The zero-order valence-corrected chi connectivity index (χ0v) is 12.0. The molecule has 19 heavy (non-hydrogen) atoms. The quantitative estimate of drug-likeness (QED) is 0.766. The van der Waals surface area contributed by atoms with Crippen molar-refractivity contribution >= 4 is 11.4 Å². The van der Waals surface area contributed by atoms with E-state index >= 15 is 0 Å². The van der Waals surface area contributed by atoms with Crippen LogP contribution in [-0.2, 0) is 11.2 Å². The van der Waals surface area contributed by atoms with Crippen molar-refractivity contribution < 1.29 is 4.74 Å². The first kappa shape index (κ1) is 15.3. The van der Waals surface area contributed by atoms with Gasteiger partial charge in [0.25, 0.3) is 0 Å². The smallest absolute Gasteiger partial charge is 0.0670 e. The van der Waals surface area contributed by atoms with Crippen molar-refractivity contribution in [2.24, 2.45) is 0 Å². The van der Waals surface area contributed by atoms with E-state index in [1.165, 1.54) is 0 Å². The molecular weight excluding hydrogens is 238 g/mol. The van der Waals surface area contributed by atoms with Gasteiger partial charge >= 0.3 is 0 Å². The van der Waals surface area contributed by atoms with E-state index in [2.05, 4.69) is 24.8 Å². The molecule has 0 aromatic heterocycles. The third-order valence-electron chi connectivity index (χ3n) is 3.39. The van der Waals surface area contributed by atoms with Gasteiger partial charge in [0.1, 0.15) is 0 Å². The third kappa shape index (κ3) is 4.15. The summed E-state index contributed by atoms with van der Waals surface area (Å²) in [6.07, 6.45) is 1.40. The predicted octanol–water partition coefficient (Wildman–Crippen LogP) is 2.59. The van der Waals surface area contributed by atoms with Crippen LogP contribution in [0.3, 0.4) is 0 Å². The van der Waals surface area contributed by atoms with Gasteiger partial charge in [-0.2, -0.15) is 5.26 Å². The molecule has 0 aliphatic rings. The van der Waals surface area contributed by atoms with Gasteiger partial charge in [-0.15, -0.1) is 0 Å². The summed E-state index contributed by atoms with van der Waals surface area (Å²) in [7, 11) is 1.71. The molecule has 1 atom stereocenters. The summed E-state index contributed by atoms with van der Waals surface area (Å²) in [6, 6.07) is 8.48. The van der Waals surface area contributed by atoms with Crippen LogP contribution in [0.25, 0.3) is 0 Å². The maximum absolute atomic E-state index is 8.83. The van der Waals surface area contributed by atoms with Crippen LogP contribution in [0, 0.1) is 11.3 Å². The predicted molar refractivity (Wildman–Crippen MR) is 79.1 cm³/mol. The zero-order valence-electron chi connectivity index (χ0n) is 12.0. The molecule has 0 aliphatic heterocycles. The van der Waals surface area contributed by atoms with Gasteiger partial charge < -0.3 is 15.4 Å². The maximum atomic E-state index is 8.83. The molecular formula is C15H23N3O. The van der Waals surface area contributed by atoms with Gasteiger partial charge in [-0.05, 0) is 37.1 Å². The summed E-state index contributed by atoms with van der Waals surface area (Å²) in [6.45, 7) is 5.87. The minimum Gasteiger partial charge on any atom is -0.398 e. The maximum Gasteiger partial charge on any atom is 0.0670 e.